The summed E-state index contributed by atoms with van der Waals surface area (Å²) in [5.41, 5.74) is 5.50. The second kappa shape index (κ2) is 5.60. The number of methoxy groups -OCH3 is 1. The summed E-state index contributed by atoms with van der Waals surface area (Å²) in [6.45, 7) is 8.19. The molecule has 0 aromatic carbocycles. The molecule has 0 aliphatic carbocycles. The van der Waals surface area contributed by atoms with E-state index in [4.69, 9.17) is 15.0 Å². The van der Waals surface area contributed by atoms with Crippen molar-refractivity contribution in [3.63, 3.8) is 0 Å². The van der Waals surface area contributed by atoms with E-state index in [-0.39, 0.29) is 6.04 Å². The number of nitrogens with zero attached hydrogens (tertiary/aromatic N) is 2. The average molecular weight is 241 g/mol. The van der Waals surface area contributed by atoms with Crippen LogP contribution in [0.3, 0.4) is 0 Å². The van der Waals surface area contributed by atoms with Crippen LogP contribution in [0.4, 0.5) is 0 Å². The van der Waals surface area contributed by atoms with Gasteiger partial charge in [0.05, 0.1) is 6.04 Å². The van der Waals surface area contributed by atoms with Crippen LogP contribution in [0.2, 0.25) is 0 Å². The molecule has 17 heavy (non-hydrogen) atoms. The molecular formula is C12H23N3O2. The summed E-state index contributed by atoms with van der Waals surface area (Å²) in [5.74, 6) is 1.56. The van der Waals surface area contributed by atoms with E-state index in [2.05, 4.69) is 24.0 Å². The van der Waals surface area contributed by atoms with Crippen molar-refractivity contribution in [2.45, 2.75) is 52.2 Å². The fraction of sp³-hybridized carbons (Fsp3) is 0.833. The van der Waals surface area contributed by atoms with Crippen molar-refractivity contribution in [3.05, 3.63) is 11.7 Å². The summed E-state index contributed by atoms with van der Waals surface area (Å²) in [6, 6.07) is -0.200. The number of aromatic nitrogens is 2. The lowest BCUT2D eigenvalue weighted by atomic mass is 10.0. The molecule has 1 unspecified atom stereocenters. The number of rotatable bonds is 6. The fourth-order valence-corrected chi connectivity index (χ4v) is 1.60. The highest BCUT2D eigenvalue weighted by molar-refractivity contribution is 5.01. The van der Waals surface area contributed by atoms with Gasteiger partial charge in [-0.15, -0.1) is 0 Å². The Balaban J connectivity index is 2.84. The number of nitrogens with two attached hydrogens (primary N) is 1. The summed E-state index contributed by atoms with van der Waals surface area (Å²) >= 11 is 0. The molecule has 1 heterocycles. The van der Waals surface area contributed by atoms with E-state index in [1.165, 1.54) is 0 Å². The monoisotopic (exact) mass is 241 g/mol. The zero-order valence-corrected chi connectivity index (χ0v) is 11.4. The Hall–Kier alpha value is -0.940. The molecule has 2 N–H and O–H groups in total. The molecule has 0 saturated heterocycles. The van der Waals surface area contributed by atoms with Crippen molar-refractivity contribution >= 4 is 0 Å². The van der Waals surface area contributed by atoms with Gasteiger partial charge in [0.1, 0.15) is 5.60 Å². The summed E-state index contributed by atoms with van der Waals surface area (Å²) in [6.07, 6.45) is 1.61. The summed E-state index contributed by atoms with van der Waals surface area (Å²) < 4.78 is 10.6. The third kappa shape index (κ3) is 3.26. The quantitative estimate of drug-likeness (QED) is 0.827. The SMILES string of the molecule is CCC(C)(OC)c1noc([C@@H](N)CC(C)C)n1. The minimum atomic E-state index is -0.501. The standard InChI is InChI=1S/C12H23N3O2/c1-6-12(4,16-5)11-14-10(17-15-11)9(13)7-8(2)3/h8-9H,6-7,13H2,1-5H3/t9-,12?/m0/s1. The summed E-state index contributed by atoms with van der Waals surface area (Å²) in [4.78, 5) is 4.35. The van der Waals surface area contributed by atoms with Gasteiger partial charge in [0.25, 0.3) is 0 Å². The molecule has 2 atom stereocenters. The predicted molar refractivity (Wildman–Crippen MR) is 65.3 cm³/mol. The Kier molecular flexibility index (Phi) is 4.65. The van der Waals surface area contributed by atoms with Gasteiger partial charge in [-0.3, -0.25) is 0 Å². The van der Waals surface area contributed by atoms with Crippen LogP contribution in [0.15, 0.2) is 4.52 Å². The minimum Gasteiger partial charge on any atom is -0.370 e. The van der Waals surface area contributed by atoms with Gasteiger partial charge in [-0.1, -0.05) is 25.9 Å². The van der Waals surface area contributed by atoms with Gasteiger partial charge >= 0.3 is 0 Å². The third-order valence-electron chi connectivity index (χ3n) is 3.08. The molecular weight excluding hydrogens is 218 g/mol. The van der Waals surface area contributed by atoms with Crippen molar-refractivity contribution in [3.8, 4) is 0 Å². The van der Waals surface area contributed by atoms with Crippen LogP contribution in [0.1, 0.15) is 58.3 Å². The Bertz CT molecular complexity index is 345. The first-order valence-corrected chi connectivity index (χ1v) is 6.07. The lowest BCUT2D eigenvalue weighted by molar-refractivity contribution is -0.0106. The second-order valence-electron chi connectivity index (χ2n) is 4.98. The van der Waals surface area contributed by atoms with E-state index in [9.17, 15) is 0 Å². The maximum absolute atomic E-state index is 6.00. The van der Waals surface area contributed by atoms with E-state index < -0.39 is 5.60 Å². The first-order chi connectivity index (χ1) is 7.92. The molecule has 0 bridgehead atoms. The lowest BCUT2D eigenvalue weighted by Gasteiger charge is -2.21. The van der Waals surface area contributed by atoms with Crippen molar-refractivity contribution in [2.24, 2.45) is 11.7 Å². The second-order valence-corrected chi connectivity index (χ2v) is 4.98. The van der Waals surface area contributed by atoms with Gasteiger partial charge in [0.15, 0.2) is 0 Å². The van der Waals surface area contributed by atoms with Gasteiger partial charge in [0, 0.05) is 7.11 Å². The molecule has 5 heteroatoms. The highest BCUT2D eigenvalue weighted by Gasteiger charge is 2.31. The molecule has 0 radical (unpaired) electrons. The zero-order chi connectivity index (χ0) is 13.1. The first-order valence-electron chi connectivity index (χ1n) is 6.07. The Morgan fingerprint density at radius 2 is 2.12 bits per heavy atom. The van der Waals surface area contributed by atoms with Crippen molar-refractivity contribution in [1.29, 1.82) is 0 Å². The lowest BCUT2D eigenvalue weighted by Crippen LogP contribution is -2.25. The molecule has 0 spiro atoms. The Morgan fingerprint density at radius 1 is 1.47 bits per heavy atom. The smallest absolute Gasteiger partial charge is 0.243 e. The van der Waals surface area contributed by atoms with E-state index in [0.717, 1.165) is 12.8 Å². The maximum atomic E-state index is 6.00. The summed E-state index contributed by atoms with van der Waals surface area (Å²) in [7, 11) is 1.65. The molecule has 0 aliphatic heterocycles. The molecule has 98 valence electrons. The zero-order valence-electron chi connectivity index (χ0n) is 11.4. The van der Waals surface area contributed by atoms with Crippen LogP contribution in [0.25, 0.3) is 0 Å². The maximum Gasteiger partial charge on any atom is 0.243 e. The van der Waals surface area contributed by atoms with Crippen LogP contribution in [0, 0.1) is 5.92 Å². The van der Waals surface area contributed by atoms with Gasteiger partial charge in [-0.05, 0) is 25.7 Å². The average Bonchev–Trinajstić information content (AvgIpc) is 2.77. The van der Waals surface area contributed by atoms with Crippen LogP contribution in [-0.2, 0) is 10.3 Å². The molecule has 0 fully saturated rings. The van der Waals surface area contributed by atoms with Crippen molar-refractivity contribution in [1.82, 2.24) is 10.1 Å². The van der Waals surface area contributed by atoms with E-state index in [1.807, 2.05) is 13.8 Å². The highest BCUT2D eigenvalue weighted by Crippen LogP contribution is 2.27. The highest BCUT2D eigenvalue weighted by atomic mass is 16.5. The van der Waals surface area contributed by atoms with Gasteiger partial charge in [0.2, 0.25) is 11.7 Å². The Morgan fingerprint density at radius 3 is 2.59 bits per heavy atom. The van der Waals surface area contributed by atoms with Crippen molar-refractivity contribution < 1.29 is 9.26 Å². The minimum absolute atomic E-state index is 0.200. The van der Waals surface area contributed by atoms with Crippen LogP contribution in [-0.4, -0.2) is 17.3 Å². The molecule has 5 nitrogen and oxygen atoms in total. The van der Waals surface area contributed by atoms with E-state index in [1.54, 1.807) is 7.11 Å². The number of ether oxygens (including phenoxy) is 1. The predicted octanol–water partition coefficient (Wildman–Crippen LogP) is 2.39. The number of hydrogen-bond acceptors (Lipinski definition) is 5. The topological polar surface area (TPSA) is 74.2 Å². The fourth-order valence-electron chi connectivity index (χ4n) is 1.60. The molecule has 1 rings (SSSR count). The van der Waals surface area contributed by atoms with Gasteiger partial charge < -0.3 is 15.0 Å². The van der Waals surface area contributed by atoms with E-state index >= 15 is 0 Å². The van der Waals surface area contributed by atoms with Crippen molar-refractivity contribution in [2.75, 3.05) is 7.11 Å². The largest absolute Gasteiger partial charge is 0.370 e. The van der Waals surface area contributed by atoms with Crippen LogP contribution in [0.5, 0.6) is 0 Å². The molecule has 0 saturated carbocycles. The van der Waals surface area contributed by atoms with E-state index in [0.29, 0.717) is 17.6 Å². The first kappa shape index (κ1) is 14.1. The summed E-state index contributed by atoms with van der Waals surface area (Å²) in [5, 5.41) is 3.97. The van der Waals surface area contributed by atoms with Gasteiger partial charge in [-0.25, -0.2) is 0 Å². The number of hydrogen-bond donors (Lipinski definition) is 1. The third-order valence-corrected chi connectivity index (χ3v) is 3.08. The normalized spacial score (nSPS) is 17.1. The Labute approximate surface area is 103 Å². The molecule has 0 aliphatic rings. The molecule has 1 aromatic heterocycles. The van der Waals surface area contributed by atoms with Crippen LogP contribution < -0.4 is 5.73 Å². The molecule has 0 amide bonds. The van der Waals surface area contributed by atoms with Gasteiger partial charge in [-0.2, -0.15) is 4.98 Å². The van der Waals surface area contributed by atoms with Crippen LogP contribution >= 0.6 is 0 Å². The molecule has 1 aromatic rings.